The second-order valence-electron chi connectivity index (χ2n) is 5.14. The van der Waals surface area contributed by atoms with Crippen LogP contribution in [-0.4, -0.2) is 53.8 Å². The summed E-state index contributed by atoms with van der Waals surface area (Å²) in [4.78, 5) is 37.3. The van der Waals surface area contributed by atoms with Gasteiger partial charge in [-0.15, -0.1) is 0 Å². The van der Waals surface area contributed by atoms with Gasteiger partial charge in [-0.05, 0) is 24.3 Å². The lowest BCUT2D eigenvalue weighted by Gasteiger charge is -2.20. The van der Waals surface area contributed by atoms with Gasteiger partial charge in [-0.1, -0.05) is 36.1 Å². The maximum Gasteiger partial charge on any atom is 0.273 e. The molecule has 8 heteroatoms. The van der Waals surface area contributed by atoms with Crippen LogP contribution in [0.1, 0.15) is 5.56 Å². The van der Waals surface area contributed by atoms with Gasteiger partial charge in [0.05, 0.1) is 6.54 Å². The predicted molar refractivity (Wildman–Crippen MR) is 97.7 cm³/mol. The van der Waals surface area contributed by atoms with Crippen molar-refractivity contribution in [3.63, 3.8) is 0 Å². The lowest BCUT2D eigenvalue weighted by atomic mass is 10.2. The molecule has 0 saturated heterocycles. The molecule has 0 unspecified atom stereocenters. The standard InChI is InChI=1S/C18H18ClN3O4/c1-4-15(25)20-16(18(26)21(2)3)17(19)22(12-23)10-6-8-13-7-5-9-14(24)11-13/h4-5,7,9,11-12,24H,1,10H2,2-3H3,(H,20,25)/b17-16+. The van der Waals surface area contributed by atoms with Gasteiger partial charge in [-0.25, -0.2) is 0 Å². The van der Waals surface area contributed by atoms with Crippen LogP contribution in [-0.2, 0) is 14.4 Å². The molecule has 0 heterocycles. The number of aromatic hydroxyl groups is 1. The van der Waals surface area contributed by atoms with Gasteiger partial charge in [0.25, 0.3) is 5.91 Å². The van der Waals surface area contributed by atoms with Crippen LogP contribution in [0, 0.1) is 11.8 Å². The molecule has 1 aromatic rings. The first-order chi connectivity index (χ1) is 12.3. The van der Waals surface area contributed by atoms with Crippen molar-refractivity contribution in [2.24, 2.45) is 0 Å². The van der Waals surface area contributed by atoms with E-state index in [9.17, 15) is 19.5 Å². The van der Waals surface area contributed by atoms with E-state index in [4.69, 9.17) is 11.6 Å². The maximum absolute atomic E-state index is 12.2. The molecule has 2 N–H and O–H groups in total. The highest BCUT2D eigenvalue weighted by molar-refractivity contribution is 6.32. The van der Waals surface area contributed by atoms with Gasteiger partial charge in [0, 0.05) is 19.7 Å². The second-order valence-corrected chi connectivity index (χ2v) is 5.50. The fraction of sp³-hybridized carbons (Fsp3) is 0.167. The SMILES string of the molecule is C=CC(=O)N/C(C(=O)N(C)C)=C(\Cl)N(C=O)CC#Cc1cccc(O)c1. The average Bonchev–Trinajstić information content (AvgIpc) is 2.62. The zero-order valence-electron chi connectivity index (χ0n) is 14.3. The van der Waals surface area contributed by atoms with Gasteiger partial charge in [0.15, 0.2) is 0 Å². The van der Waals surface area contributed by atoms with E-state index in [0.717, 1.165) is 11.0 Å². The van der Waals surface area contributed by atoms with Gasteiger partial charge >= 0.3 is 0 Å². The molecular weight excluding hydrogens is 358 g/mol. The lowest BCUT2D eigenvalue weighted by molar-refractivity contribution is -0.127. The highest BCUT2D eigenvalue weighted by atomic mass is 35.5. The maximum atomic E-state index is 12.2. The summed E-state index contributed by atoms with van der Waals surface area (Å²) in [5, 5.41) is 11.4. The fourth-order valence-corrected chi connectivity index (χ4v) is 1.93. The molecule has 0 aliphatic carbocycles. The van der Waals surface area contributed by atoms with Gasteiger partial charge in [-0.3, -0.25) is 19.3 Å². The molecule has 0 saturated carbocycles. The molecule has 26 heavy (non-hydrogen) atoms. The van der Waals surface area contributed by atoms with Crippen LogP contribution in [0.4, 0.5) is 0 Å². The highest BCUT2D eigenvalue weighted by Gasteiger charge is 2.21. The van der Waals surface area contributed by atoms with Gasteiger partial charge in [0.2, 0.25) is 12.3 Å². The third-order valence-corrected chi connectivity index (χ3v) is 3.37. The Hall–Kier alpha value is -3.24. The van der Waals surface area contributed by atoms with Crippen molar-refractivity contribution in [1.29, 1.82) is 0 Å². The molecule has 136 valence electrons. The Labute approximate surface area is 156 Å². The Balaban J connectivity index is 3.11. The Bertz CT molecular complexity index is 806. The number of phenolic OH excluding ortho intramolecular Hbond substituents is 1. The number of hydrogen-bond donors (Lipinski definition) is 2. The van der Waals surface area contributed by atoms with Crippen LogP contribution in [0.25, 0.3) is 0 Å². The zero-order chi connectivity index (χ0) is 19.7. The Morgan fingerprint density at radius 2 is 2.08 bits per heavy atom. The normalized spacial score (nSPS) is 10.6. The van der Waals surface area contributed by atoms with E-state index in [0.29, 0.717) is 12.0 Å². The minimum absolute atomic E-state index is 0.0629. The average molecular weight is 376 g/mol. The zero-order valence-corrected chi connectivity index (χ0v) is 15.1. The van der Waals surface area contributed by atoms with Crippen molar-refractivity contribution in [3.05, 3.63) is 53.3 Å². The van der Waals surface area contributed by atoms with Crippen LogP contribution >= 0.6 is 11.6 Å². The van der Waals surface area contributed by atoms with Crippen molar-refractivity contribution in [2.45, 2.75) is 0 Å². The van der Waals surface area contributed by atoms with Gasteiger partial charge in [0.1, 0.15) is 16.6 Å². The summed E-state index contributed by atoms with van der Waals surface area (Å²) in [6, 6.07) is 6.27. The monoisotopic (exact) mass is 375 g/mol. The number of carbonyl (C=O) groups excluding carboxylic acids is 3. The van der Waals surface area contributed by atoms with Crippen molar-refractivity contribution in [2.75, 3.05) is 20.6 Å². The number of halogens is 1. The summed E-state index contributed by atoms with van der Waals surface area (Å²) < 4.78 is 0. The second kappa shape index (κ2) is 9.91. The van der Waals surface area contributed by atoms with Gasteiger partial charge < -0.3 is 15.3 Å². The minimum atomic E-state index is -0.648. The topological polar surface area (TPSA) is 90.0 Å². The summed E-state index contributed by atoms with van der Waals surface area (Å²) >= 11 is 6.13. The summed E-state index contributed by atoms with van der Waals surface area (Å²) in [6.07, 6.45) is 1.36. The van der Waals surface area contributed by atoms with Crippen LogP contribution in [0.3, 0.4) is 0 Å². The summed E-state index contributed by atoms with van der Waals surface area (Å²) in [7, 11) is 2.94. The number of nitrogens with one attached hydrogen (secondary N) is 1. The van der Waals surface area contributed by atoms with Crippen molar-refractivity contribution in [1.82, 2.24) is 15.1 Å². The van der Waals surface area contributed by atoms with Crippen molar-refractivity contribution in [3.8, 4) is 17.6 Å². The molecular formula is C18H18ClN3O4. The first kappa shape index (κ1) is 20.8. The predicted octanol–water partition coefficient (Wildman–Crippen LogP) is 1.00. The number of benzene rings is 1. The van der Waals surface area contributed by atoms with E-state index in [1.807, 2.05) is 0 Å². The number of amides is 3. The molecule has 0 aliphatic heterocycles. The molecule has 7 nitrogen and oxygen atoms in total. The van der Waals surface area contributed by atoms with Crippen LogP contribution < -0.4 is 5.32 Å². The molecule has 0 bridgehead atoms. The highest BCUT2D eigenvalue weighted by Crippen LogP contribution is 2.14. The molecule has 0 spiro atoms. The quantitative estimate of drug-likeness (QED) is 0.336. The molecule has 0 radical (unpaired) electrons. The van der Waals surface area contributed by atoms with E-state index in [2.05, 4.69) is 23.7 Å². The summed E-state index contributed by atoms with van der Waals surface area (Å²) in [6.45, 7) is 3.17. The summed E-state index contributed by atoms with van der Waals surface area (Å²) in [5.41, 5.74) is 0.272. The molecule has 1 aromatic carbocycles. The van der Waals surface area contributed by atoms with E-state index in [-0.39, 0.29) is 23.1 Å². The number of nitrogens with zero attached hydrogens (tertiary/aromatic N) is 2. The van der Waals surface area contributed by atoms with Crippen molar-refractivity contribution < 1.29 is 19.5 Å². The molecule has 3 amide bonds. The van der Waals surface area contributed by atoms with Crippen LogP contribution in [0.2, 0.25) is 0 Å². The largest absolute Gasteiger partial charge is 0.508 e. The van der Waals surface area contributed by atoms with E-state index in [1.165, 1.54) is 31.1 Å². The van der Waals surface area contributed by atoms with Crippen molar-refractivity contribution >= 4 is 29.8 Å². The van der Waals surface area contributed by atoms with E-state index < -0.39 is 11.8 Å². The lowest BCUT2D eigenvalue weighted by Crippen LogP contribution is -2.37. The molecule has 0 atom stereocenters. The minimum Gasteiger partial charge on any atom is -0.508 e. The number of likely N-dealkylation sites (N-methyl/N-ethyl adjacent to an activating group) is 1. The fourth-order valence-electron chi connectivity index (χ4n) is 1.70. The molecule has 1 rings (SSSR count). The first-order valence-electron chi connectivity index (χ1n) is 7.34. The molecule has 0 aliphatic rings. The Morgan fingerprint density at radius 1 is 1.38 bits per heavy atom. The summed E-state index contributed by atoms with van der Waals surface area (Å²) in [5.74, 6) is 4.28. The molecule has 0 aromatic heterocycles. The van der Waals surface area contributed by atoms with Crippen LogP contribution in [0.15, 0.2) is 47.8 Å². The third-order valence-electron chi connectivity index (χ3n) is 2.97. The number of rotatable bonds is 6. The smallest absolute Gasteiger partial charge is 0.273 e. The first-order valence-corrected chi connectivity index (χ1v) is 7.72. The number of hydrogen-bond acceptors (Lipinski definition) is 4. The third kappa shape index (κ3) is 6.00. The Kier molecular flexibility index (Phi) is 7.93. The Morgan fingerprint density at radius 3 is 2.62 bits per heavy atom. The van der Waals surface area contributed by atoms with Gasteiger partial charge in [-0.2, -0.15) is 0 Å². The van der Waals surface area contributed by atoms with E-state index >= 15 is 0 Å². The van der Waals surface area contributed by atoms with E-state index in [1.54, 1.807) is 12.1 Å². The number of phenols is 1. The number of carbonyl (C=O) groups is 3. The molecule has 0 fully saturated rings. The van der Waals surface area contributed by atoms with Crippen LogP contribution in [0.5, 0.6) is 5.75 Å².